The van der Waals surface area contributed by atoms with Crippen molar-refractivity contribution in [1.82, 2.24) is 10.6 Å². The van der Waals surface area contributed by atoms with Crippen molar-refractivity contribution in [2.24, 2.45) is 9.98 Å². The van der Waals surface area contributed by atoms with Gasteiger partial charge in [-0.25, -0.2) is 9.98 Å². The molecule has 0 aromatic carbocycles. The van der Waals surface area contributed by atoms with Gasteiger partial charge in [-0.3, -0.25) is 9.59 Å². The van der Waals surface area contributed by atoms with Crippen LogP contribution in [0.4, 0.5) is 0 Å². The maximum atomic E-state index is 11.5. The number of aliphatic imine (C=N–C) groups is 2. The predicted octanol–water partition coefficient (Wildman–Crippen LogP) is -1.53. The molecular weight excluding hydrogens is 252 g/mol. The minimum atomic E-state index is -0.313. The smallest absolute Gasteiger partial charge is 0.306 e. The number of hydrogen-bond acceptors (Lipinski definition) is 6. The molecule has 0 atom stereocenters. The zero-order valence-corrected chi connectivity index (χ0v) is 10.5. The predicted molar refractivity (Wildman–Crippen MR) is 67.1 cm³/mol. The Morgan fingerprint density at radius 3 is 1.79 bits per heavy atom. The zero-order valence-electron chi connectivity index (χ0n) is 10.5. The fourth-order valence-electron chi connectivity index (χ4n) is 1.59. The van der Waals surface area contributed by atoms with Gasteiger partial charge in [-0.1, -0.05) is 0 Å². The van der Waals surface area contributed by atoms with E-state index in [0.29, 0.717) is 45.8 Å². The molecule has 2 heterocycles. The lowest BCUT2D eigenvalue weighted by atomic mass is 10.4. The van der Waals surface area contributed by atoms with Crippen LogP contribution in [-0.4, -0.2) is 63.0 Å². The van der Waals surface area contributed by atoms with Crippen LogP contribution < -0.4 is 10.6 Å². The van der Waals surface area contributed by atoms with E-state index in [1.54, 1.807) is 0 Å². The van der Waals surface area contributed by atoms with Crippen LogP contribution in [0.5, 0.6) is 0 Å². The minimum Gasteiger partial charge on any atom is -0.472 e. The van der Waals surface area contributed by atoms with E-state index in [1.165, 1.54) is 0 Å². The molecule has 0 saturated heterocycles. The second kappa shape index (κ2) is 6.72. The maximum absolute atomic E-state index is 11.5. The summed E-state index contributed by atoms with van der Waals surface area (Å²) >= 11 is 0. The molecule has 2 amide bonds. The van der Waals surface area contributed by atoms with Gasteiger partial charge in [-0.2, -0.15) is 0 Å². The van der Waals surface area contributed by atoms with Gasteiger partial charge in [0.15, 0.2) is 0 Å². The standard InChI is InChI=1S/C11H16N4O4/c16-8(10-14-4-6-18-10)12-2-1-3-13-9(17)11-15-5-7-19-11/h1-7H2,(H,12,16)(H,13,17). The number of hydrogen-bond donors (Lipinski definition) is 2. The molecule has 0 bridgehead atoms. The molecule has 2 aliphatic heterocycles. The van der Waals surface area contributed by atoms with E-state index in [9.17, 15) is 9.59 Å². The lowest BCUT2D eigenvalue weighted by molar-refractivity contribution is -0.116. The molecule has 2 rings (SSSR count). The van der Waals surface area contributed by atoms with Gasteiger partial charge < -0.3 is 20.1 Å². The molecule has 0 aliphatic carbocycles. The highest BCUT2D eigenvalue weighted by Gasteiger charge is 2.17. The summed E-state index contributed by atoms with van der Waals surface area (Å²) in [6.45, 7) is 2.85. The molecule has 2 aliphatic rings. The summed E-state index contributed by atoms with van der Waals surface area (Å²) < 4.78 is 10.0. The number of nitrogens with one attached hydrogen (secondary N) is 2. The molecule has 19 heavy (non-hydrogen) atoms. The normalized spacial score (nSPS) is 17.1. The summed E-state index contributed by atoms with van der Waals surface area (Å²) in [5.74, 6) is -0.352. The van der Waals surface area contributed by atoms with Gasteiger partial charge in [0.05, 0.1) is 13.1 Å². The molecular formula is C11H16N4O4. The average molecular weight is 268 g/mol. The number of ether oxygens (including phenoxy) is 2. The molecule has 8 heteroatoms. The molecule has 2 N–H and O–H groups in total. The first-order valence-electron chi connectivity index (χ1n) is 6.18. The monoisotopic (exact) mass is 268 g/mol. The van der Waals surface area contributed by atoms with E-state index in [0.717, 1.165) is 0 Å². The Bertz CT molecular complexity index is 381. The number of nitrogens with zero attached hydrogens (tertiary/aromatic N) is 2. The zero-order chi connectivity index (χ0) is 13.5. The highest BCUT2D eigenvalue weighted by atomic mass is 16.5. The Balaban J connectivity index is 1.54. The van der Waals surface area contributed by atoms with E-state index in [2.05, 4.69) is 20.6 Å². The largest absolute Gasteiger partial charge is 0.472 e. The summed E-state index contributed by atoms with van der Waals surface area (Å²) in [4.78, 5) is 30.7. The SMILES string of the molecule is O=C(NCCCNC(=O)C1=NCCO1)C1=NCCO1. The first kappa shape index (κ1) is 13.3. The van der Waals surface area contributed by atoms with Crippen molar-refractivity contribution in [2.45, 2.75) is 6.42 Å². The average Bonchev–Trinajstić information content (AvgIpc) is 3.10. The van der Waals surface area contributed by atoms with Crippen LogP contribution in [0.2, 0.25) is 0 Å². The molecule has 0 aromatic heterocycles. The Hall–Kier alpha value is -2.12. The van der Waals surface area contributed by atoms with Crippen LogP contribution in [0.3, 0.4) is 0 Å². The molecule has 0 saturated carbocycles. The molecule has 0 radical (unpaired) electrons. The van der Waals surface area contributed by atoms with Crippen LogP contribution in [0, 0.1) is 0 Å². The van der Waals surface area contributed by atoms with E-state index in [4.69, 9.17) is 9.47 Å². The van der Waals surface area contributed by atoms with E-state index < -0.39 is 0 Å². The van der Waals surface area contributed by atoms with E-state index in [1.807, 2.05) is 0 Å². The molecule has 0 spiro atoms. The Labute approximate surface area is 110 Å². The summed E-state index contributed by atoms with van der Waals surface area (Å²) in [6.07, 6.45) is 0.609. The van der Waals surface area contributed by atoms with E-state index in [-0.39, 0.29) is 23.6 Å². The van der Waals surface area contributed by atoms with Crippen LogP contribution in [-0.2, 0) is 19.1 Å². The Morgan fingerprint density at radius 2 is 1.42 bits per heavy atom. The second-order valence-corrected chi connectivity index (χ2v) is 3.94. The number of carbonyl (C=O) groups is 2. The molecule has 0 aromatic rings. The van der Waals surface area contributed by atoms with Gasteiger partial charge >= 0.3 is 11.8 Å². The van der Waals surface area contributed by atoms with Crippen molar-refractivity contribution in [3.05, 3.63) is 0 Å². The fraction of sp³-hybridized carbons (Fsp3) is 0.636. The van der Waals surface area contributed by atoms with Gasteiger partial charge in [0.1, 0.15) is 13.2 Å². The second-order valence-electron chi connectivity index (χ2n) is 3.94. The molecule has 104 valence electrons. The quantitative estimate of drug-likeness (QED) is 0.570. The van der Waals surface area contributed by atoms with Gasteiger partial charge in [0.25, 0.3) is 11.8 Å². The van der Waals surface area contributed by atoms with Crippen molar-refractivity contribution in [1.29, 1.82) is 0 Å². The summed E-state index contributed by atoms with van der Waals surface area (Å²) in [6, 6.07) is 0. The summed E-state index contributed by atoms with van der Waals surface area (Å²) in [5.41, 5.74) is 0. The summed E-state index contributed by atoms with van der Waals surface area (Å²) in [7, 11) is 0. The Kier molecular flexibility index (Phi) is 4.71. The van der Waals surface area contributed by atoms with Gasteiger partial charge in [0, 0.05) is 13.1 Å². The summed E-state index contributed by atoms with van der Waals surface area (Å²) in [5, 5.41) is 5.32. The highest BCUT2D eigenvalue weighted by molar-refractivity contribution is 6.36. The highest BCUT2D eigenvalue weighted by Crippen LogP contribution is 1.94. The minimum absolute atomic E-state index is 0.137. The number of amides is 2. The maximum Gasteiger partial charge on any atom is 0.306 e. The van der Waals surface area contributed by atoms with Crippen molar-refractivity contribution in [3.8, 4) is 0 Å². The Morgan fingerprint density at radius 1 is 0.947 bits per heavy atom. The van der Waals surface area contributed by atoms with Crippen molar-refractivity contribution in [3.63, 3.8) is 0 Å². The number of rotatable bonds is 6. The topological polar surface area (TPSA) is 101 Å². The first-order chi connectivity index (χ1) is 9.27. The number of carbonyl (C=O) groups excluding carboxylic acids is 2. The lowest BCUT2D eigenvalue weighted by Gasteiger charge is -2.06. The molecule has 8 nitrogen and oxygen atoms in total. The molecule has 0 fully saturated rings. The fourth-order valence-corrected chi connectivity index (χ4v) is 1.59. The van der Waals surface area contributed by atoms with Crippen molar-refractivity contribution < 1.29 is 19.1 Å². The van der Waals surface area contributed by atoms with Crippen molar-refractivity contribution >= 4 is 23.6 Å². The van der Waals surface area contributed by atoms with Crippen LogP contribution in [0.1, 0.15) is 6.42 Å². The van der Waals surface area contributed by atoms with E-state index >= 15 is 0 Å². The third-order valence-corrected chi connectivity index (χ3v) is 2.48. The van der Waals surface area contributed by atoms with Gasteiger partial charge in [0.2, 0.25) is 0 Å². The van der Waals surface area contributed by atoms with Gasteiger partial charge in [-0.05, 0) is 6.42 Å². The molecule has 0 unspecified atom stereocenters. The third kappa shape index (κ3) is 3.94. The van der Waals surface area contributed by atoms with Crippen LogP contribution in [0.25, 0.3) is 0 Å². The first-order valence-corrected chi connectivity index (χ1v) is 6.18. The van der Waals surface area contributed by atoms with Crippen LogP contribution >= 0.6 is 0 Å². The van der Waals surface area contributed by atoms with Crippen LogP contribution in [0.15, 0.2) is 9.98 Å². The lowest BCUT2D eigenvalue weighted by Crippen LogP contribution is -2.36. The van der Waals surface area contributed by atoms with Gasteiger partial charge in [-0.15, -0.1) is 0 Å². The van der Waals surface area contributed by atoms with Crippen molar-refractivity contribution in [2.75, 3.05) is 39.4 Å². The third-order valence-electron chi connectivity index (χ3n) is 2.48.